The van der Waals surface area contributed by atoms with Gasteiger partial charge in [0.05, 0.1) is 11.3 Å². The van der Waals surface area contributed by atoms with Gasteiger partial charge >= 0.3 is 17.9 Å². The number of nitrogens with one attached hydrogen (secondary N) is 1. The molecule has 10 heteroatoms. The van der Waals surface area contributed by atoms with Crippen LogP contribution in [0.2, 0.25) is 0 Å². The number of aliphatic carboxylic acids is 1. The molecule has 122 valence electrons. The normalized spacial score (nSPS) is 18.8. The van der Waals surface area contributed by atoms with E-state index in [1.54, 1.807) is 0 Å². The third kappa shape index (κ3) is 2.04. The Kier molecular flexibility index (Phi) is 3.18. The Morgan fingerprint density at radius 3 is 2.29 bits per heavy atom. The Labute approximate surface area is 132 Å². The predicted octanol–water partition coefficient (Wildman–Crippen LogP) is -0.599. The monoisotopic (exact) mass is 332 g/mol. The number of aromatic carboxylic acids is 2. The van der Waals surface area contributed by atoms with Crippen LogP contribution in [0.5, 0.6) is 0 Å². The quantitative estimate of drug-likeness (QED) is 0.524. The highest BCUT2D eigenvalue weighted by Crippen LogP contribution is 2.36. The zero-order chi connectivity index (χ0) is 17.8. The molecule has 0 aromatic carbocycles. The number of rotatable bonds is 3. The van der Waals surface area contributed by atoms with Crippen molar-refractivity contribution in [1.29, 1.82) is 0 Å². The molecule has 24 heavy (non-hydrogen) atoms. The lowest BCUT2D eigenvalue weighted by Gasteiger charge is -2.18. The van der Waals surface area contributed by atoms with Gasteiger partial charge < -0.3 is 20.6 Å². The van der Waals surface area contributed by atoms with Crippen LogP contribution in [-0.2, 0) is 9.59 Å². The smallest absolute Gasteiger partial charge is 0.354 e. The number of aromatic nitrogens is 1. The maximum Gasteiger partial charge on any atom is 0.354 e. The Morgan fingerprint density at radius 2 is 1.75 bits per heavy atom. The highest BCUT2D eigenvalue weighted by molar-refractivity contribution is 6.52. The summed E-state index contributed by atoms with van der Waals surface area (Å²) in [6.07, 6.45) is -0.283. The maximum absolute atomic E-state index is 12.2. The van der Waals surface area contributed by atoms with Crippen molar-refractivity contribution in [3.63, 3.8) is 0 Å². The van der Waals surface area contributed by atoms with Crippen LogP contribution in [-0.4, -0.2) is 55.8 Å². The van der Waals surface area contributed by atoms with Crippen molar-refractivity contribution in [1.82, 2.24) is 10.3 Å². The number of pyridine rings is 1. The number of fused-ring (bicyclic) bond motifs is 2. The van der Waals surface area contributed by atoms with Gasteiger partial charge in [0.2, 0.25) is 5.78 Å². The summed E-state index contributed by atoms with van der Waals surface area (Å²) >= 11 is 0. The van der Waals surface area contributed by atoms with E-state index in [0.717, 1.165) is 6.07 Å². The average molecular weight is 332 g/mol. The van der Waals surface area contributed by atoms with Crippen LogP contribution in [0.3, 0.4) is 0 Å². The van der Waals surface area contributed by atoms with Gasteiger partial charge in [-0.25, -0.2) is 19.4 Å². The summed E-state index contributed by atoms with van der Waals surface area (Å²) < 4.78 is 0. The van der Waals surface area contributed by atoms with Crippen LogP contribution < -0.4 is 5.32 Å². The molecule has 3 rings (SSSR count). The standard InChI is InChI=1S/C14H8N2O8/c17-10-4-2-6(14(23)24)15-8(4)7-3(12(19)20)1-5(13(21)22)16-9(7)11(10)18/h1,6,15H,2H2,(H,19,20)(H,21,22)(H,23,24). The number of hydrogen-bond acceptors (Lipinski definition) is 7. The van der Waals surface area contributed by atoms with Gasteiger partial charge in [0.15, 0.2) is 0 Å². The zero-order valence-corrected chi connectivity index (χ0v) is 11.7. The first kappa shape index (κ1) is 15.3. The lowest BCUT2D eigenvalue weighted by molar-refractivity contribution is -0.138. The highest BCUT2D eigenvalue weighted by atomic mass is 16.4. The van der Waals surface area contributed by atoms with Gasteiger partial charge in [-0.15, -0.1) is 0 Å². The van der Waals surface area contributed by atoms with Crippen molar-refractivity contribution in [2.45, 2.75) is 12.5 Å². The van der Waals surface area contributed by atoms with Crippen LogP contribution in [0, 0.1) is 0 Å². The minimum absolute atomic E-state index is 0.108. The number of carboxylic acid groups (broad SMARTS) is 3. The molecular weight excluding hydrogens is 324 g/mol. The maximum atomic E-state index is 12.2. The number of hydrogen-bond donors (Lipinski definition) is 4. The lowest BCUT2D eigenvalue weighted by Crippen LogP contribution is -2.32. The number of carboxylic acids is 3. The molecule has 1 unspecified atom stereocenters. The molecule has 0 fully saturated rings. The van der Waals surface area contributed by atoms with Crippen molar-refractivity contribution in [3.8, 4) is 0 Å². The number of ketones is 2. The van der Waals surface area contributed by atoms with Crippen LogP contribution in [0.4, 0.5) is 0 Å². The largest absolute Gasteiger partial charge is 0.480 e. The van der Waals surface area contributed by atoms with E-state index < -0.39 is 52.5 Å². The molecule has 0 saturated heterocycles. The van der Waals surface area contributed by atoms with Crippen LogP contribution in [0.1, 0.15) is 43.3 Å². The molecule has 0 bridgehead atoms. The molecule has 1 aromatic heterocycles. The van der Waals surface area contributed by atoms with Crippen LogP contribution in [0.15, 0.2) is 11.6 Å². The lowest BCUT2D eigenvalue weighted by atomic mass is 9.87. The molecule has 0 spiro atoms. The highest BCUT2D eigenvalue weighted by Gasteiger charge is 2.43. The molecule has 1 aliphatic carbocycles. The second-order valence-corrected chi connectivity index (χ2v) is 5.14. The first-order valence-corrected chi connectivity index (χ1v) is 6.56. The molecule has 0 radical (unpaired) electrons. The predicted molar refractivity (Wildman–Crippen MR) is 73.6 cm³/mol. The Balaban J connectivity index is 2.30. The third-order valence-corrected chi connectivity index (χ3v) is 3.74. The summed E-state index contributed by atoms with van der Waals surface area (Å²) in [7, 11) is 0. The molecule has 2 aliphatic rings. The summed E-state index contributed by atoms with van der Waals surface area (Å²) in [4.78, 5) is 61.5. The minimum atomic E-state index is -1.57. The van der Waals surface area contributed by atoms with Crippen molar-refractivity contribution in [2.75, 3.05) is 0 Å². The number of carbonyl (C=O) groups is 5. The average Bonchev–Trinajstić information content (AvgIpc) is 2.96. The van der Waals surface area contributed by atoms with E-state index in [4.69, 9.17) is 10.2 Å². The molecule has 10 nitrogen and oxygen atoms in total. The van der Waals surface area contributed by atoms with Gasteiger partial charge in [-0.3, -0.25) is 9.59 Å². The molecule has 1 aromatic rings. The topological polar surface area (TPSA) is 171 Å². The van der Waals surface area contributed by atoms with E-state index in [-0.39, 0.29) is 23.3 Å². The molecule has 0 saturated carbocycles. The van der Waals surface area contributed by atoms with Gasteiger partial charge in [-0.1, -0.05) is 0 Å². The Bertz CT molecular complexity index is 898. The minimum Gasteiger partial charge on any atom is -0.480 e. The third-order valence-electron chi connectivity index (χ3n) is 3.74. The molecular formula is C14H8N2O8. The van der Waals surface area contributed by atoms with Gasteiger partial charge in [-0.05, 0) is 6.07 Å². The SMILES string of the molecule is O=C1C(=O)c2nc(C(=O)O)cc(C(=O)O)c2C2=C1CC(C(=O)O)N2. The summed E-state index contributed by atoms with van der Waals surface area (Å²) in [6.45, 7) is 0. The van der Waals surface area contributed by atoms with E-state index in [1.165, 1.54) is 0 Å². The molecule has 0 amide bonds. The summed E-state index contributed by atoms with van der Waals surface area (Å²) in [6, 6.07) is -0.439. The van der Waals surface area contributed by atoms with Crippen LogP contribution >= 0.6 is 0 Å². The fraction of sp³-hybridized carbons (Fsp3) is 0.143. The first-order valence-electron chi connectivity index (χ1n) is 6.56. The summed E-state index contributed by atoms with van der Waals surface area (Å²) in [5.74, 6) is -6.57. The summed E-state index contributed by atoms with van der Waals surface area (Å²) in [5, 5.41) is 29.9. The fourth-order valence-corrected chi connectivity index (χ4v) is 2.68. The Hall–Kier alpha value is -3.56. The zero-order valence-electron chi connectivity index (χ0n) is 11.7. The van der Waals surface area contributed by atoms with Crippen molar-refractivity contribution >= 4 is 35.2 Å². The number of Topliss-reactive ketones (excluding diaryl/α,β-unsaturated/α-hetero) is 2. The van der Waals surface area contributed by atoms with Crippen molar-refractivity contribution < 1.29 is 39.3 Å². The fourth-order valence-electron chi connectivity index (χ4n) is 2.68. The Morgan fingerprint density at radius 1 is 1.08 bits per heavy atom. The number of nitrogens with zero attached hydrogens (tertiary/aromatic N) is 1. The van der Waals surface area contributed by atoms with E-state index in [1.807, 2.05) is 0 Å². The van der Waals surface area contributed by atoms with Gasteiger partial charge in [0, 0.05) is 17.6 Å². The summed E-state index contributed by atoms with van der Waals surface area (Å²) in [5.41, 5.74) is -2.39. The molecule has 4 N–H and O–H groups in total. The molecule has 1 aliphatic heterocycles. The number of carbonyl (C=O) groups excluding carboxylic acids is 2. The first-order chi connectivity index (χ1) is 11.2. The van der Waals surface area contributed by atoms with E-state index >= 15 is 0 Å². The van der Waals surface area contributed by atoms with E-state index in [9.17, 15) is 29.1 Å². The second-order valence-electron chi connectivity index (χ2n) is 5.14. The van der Waals surface area contributed by atoms with E-state index in [0.29, 0.717) is 0 Å². The van der Waals surface area contributed by atoms with Gasteiger partial charge in [-0.2, -0.15) is 0 Å². The van der Waals surface area contributed by atoms with Crippen molar-refractivity contribution in [3.05, 3.63) is 34.2 Å². The molecule has 1 atom stereocenters. The van der Waals surface area contributed by atoms with Crippen molar-refractivity contribution in [2.24, 2.45) is 0 Å². The van der Waals surface area contributed by atoms with Gasteiger partial charge in [0.1, 0.15) is 17.4 Å². The van der Waals surface area contributed by atoms with Gasteiger partial charge in [0.25, 0.3) is 5.78 Å². The molecule has 2 heterocycles. The van der Waals surface area contributed by atoms with Crippen LogP contribution in [0.25, 0.3) is 5.70 Å². The van der Waals surface area contributed by atoms with E-state index in [2.05, 4.69) is 10.3 Å². The second kappa shape index (κ2) is 4.98.